The fourth-order valence-electron chi connectivity index (χ4n) is 2.09. The lowest BCUT2D eigenvalue weighted by Gasteiger charge is -2.09. The van der Waals surface area contributed by atoms with Crippen molar-refractivity contribution in [1.29, 1.82) is 0 Å². The van der Waals surface area contributed by atoms with Gasteiger partial charge < -0.3 is 5.32 Å². The first-order valence-electron chi connectivity index (χ1n) is 7.29. The van der Waals surface area contributed by atoms with Gasteiger partial charge in [-0.2, -0.15) is 0 Å². The number of nitrogens with one attached hydrogen (secondary N) is 1. The number of anilines is 2. The van der Waals surface area contributed by atoms with Gasteiger partial charge in [0.1, 0.15) is 5.52 Å². The maximum Gasteiger partial charge on any atom is 0.181 e. The van der Waals surface area contributed by atoms with Crippen molar-refractivity contribution in [3.63, 3.8) is 0 Å². The summed E-state index contributed by atoms with van der Waals surface area (Å²) < 4.78 is 1.79. The van der Waals surface area contributed by atoms with E-state index in [2.05, 4.69) is 27.0 Å². The first-order valence-corrected chi connectivity index (χ1v) is 7.29. The van der Waals surface area contributed by atoms with Crippen LogP contribution in [0.2, 0.25) is 0 Å². The Morgan fingerprint density at radius 2 is 2.04 bits per heavy atom. The van der Waals surface area contributed by atoms with Crippen LogP contribution in [-0.4, -0.2) is 19.6 Å². The largest absolute Gasteiger partial charge is 0.338 e. The molecule has 1 N–H and O–H groups in total. The van der Waals surface area contributed by atoms with Gasteiger partial charge in [-0.25, -0.2) is 9.50 Å². The van der Waals surface area contributed by atoms with Gasteiger partial charge >= 0.3 is 0 Å². The van der Waals surface area contributed by atoms with Crippen LogP contribution in [0, 0.1) is 0 Å². The highest BCUT2D eigenvalue weighted by Crippen LogP contribution is 2.21. The lowest BCUT2D eigenvalue weighted by molar-refractivity contribution is 0.889. The molecule has 0 fully saturated rings. The Kier molecular flexibility index (Phi) is 4.29. The summed E-state index contributed by atoms with van der Waals surface area (Å²) in [6.07, 6.45) is 13.1. The van der Waals surface area contributed by atoms with Crippen LogP contribution < -0.4 is 5.32 Å². The number of pyridine rings is 1. The molecule has 0 bridgehead atoms. The van der Waals surface area contributed by atoms with Crippen molar-refractivity contribution in [2.24, 2.45) is 0 Å². The molecule has 0 aliphatic heterocycles. The first-order chi connectivity index (χ1) is 11.3. The van der Waals surface area contributed by atoms with E-state index in [4.69, 9.17) is 0 Å². The first kappa shape index (κ1) is 14.7. The number of fused-ring (bicyclic) bond motifs is 1. The Morgan fingerprint density at radius 1 is 1.22 bits per heavy atom. The third kappa shape index (κ3) is 3.35. The molecule has 5 nitrogen and oxygen atoms in total. The zero-order valence-corrected chi connectivity index (χ0v) is 12.8. The van der Waals surface area contributed by atoms with E-state index in [0.29, 0.717) is 5.82 Å². The maximum atomic E-state index is 4.61. The molecule has 0 unspecified atom stereocenters. The summed E-state index contributed by atoms with van der Waals surface area (Å²) in [5, 5.41) is 7.80. The monoisotopic (exact) mass is 303 g/mol. The number of hydrogen-bond donors (Lipinski definition) is 1. The molecule has 3 aromatic rings. The summed E-state index contributed by atoms with van der Waals surface area (Å²) in [5.41, 5.74) is 2.56. The second-order valence-electron chi connectivity index (χ2n) is 4.89. The van der Waals surface area contributed by atoms with Crippen molar-refractivity contribution in [1.82, 2.24) is 19.6 Å². The minimum Gasteiger partial charge on any atom is -0.338 e. The molecular weight excluding hydrogens is 286 g/mol. The molecule has 0 saturated carbocycles. The third-order valence-corrected chi connectivity index (χ3v) is 3.22. The van der Waals surface area contributed by atoms with Gasteiger partial charge in [0.2, 0.25) is 0 Å². The van der Waals surface area contributed by atoms with Crippen LogP contribution in [0.5, 0.6) is 0 Å². The summed E-state index contributed by atoms with van der Waals surface area (Å²) in [7, 11) is 0. The Labute approximate surface area is 134 Å². The molecule has 5 heteroatoms. The maximum absolute atomic E-state index is 4.61. The molecule has 3 rings (SSSR count). The average Bonchev–Trinajstić information content (AvgIpc) is 3.05. The summed E-state index contributed by atoms with van der Waals surface area (Å²) in [6.45, 7) is 6.00. The minimum absolute atomic E-state index is 0.575. The topological polar surface area (TPSA) is 55.1 Å². The van der Waals surface area contributed by atoms with Crippen LogP contribution in [0.1, 0.15) is 12.7 Å². The van der Waals surface area contributed by atoms with Crippen LogP contribution in [0.25, 0.3) is 11.1 Å². The Morgan fingerprint density at radius 3 is 2.83 bits per heavy atom. The molecular formula is C18H17N5. The molecule has 0 aromatic carbocycles. The molecule has 23 heavy (non-hydrogen) atoms. The molecule has 0 spiro atoms. The Balaban J connectivity index is 1.99. The van der Waals surface area contributed by atoms with Gasteiger partial charge in [0.15, 0.2) is 11.6 Å². The van der Waals surface area contributed by atoms with Crippen molar-refractivity contribution < 1.29 is 0 Å². The lowest BCUT2D eigenvalue weighted by atomic mass is 10.2. The second kappa shape index (κ2) is 6.70. The van der Waals surface area contributed by atoms with Gasteiger partial charge in [-0.3, -0.25) is 4.98 Å². The molecule has 0 aliphatic rings. The number of rotatable bonds is 5. The van der Waals surface area contributed by atoms with E-state index >= 15 is 0 Å². The fraction of sp³-hybridized carbons (Fsp3) is 0.0556. The highest BCUT2D eigenvalue weighted by atomic mass is 15.3. The van der Waals surface area contributed by atoms with Crippen LogP contribution >= 0.6 is 0 Å². The quantitative estimate of drug-likeness (QED) is 0.723. The summed E-state index contributed by atoms with van der Waals surface area (Å²) in [6, 6.07) is 7.68. The standard InChI is InChI=1S/C18H17N5/c1-3-4-5-7-14(2)17-21-18(16-8-6-13-23(16)22-17)20-15-9-11-19-12-10-15/h3-13H,2H2,1H3,(H,19,20,21,22)/b4-3-,7-5-. The molecule has 0 radical (unpaired) electrons. The smallest absolute Gasteiger partial charge is 0.181 e. The predicted molar refractivity (Wildman–Crippen MR) is 93.5 cm³/mol. The van der Waals surface area contributed by atoms with Crippen molar-refractivity contribution in [3.05, 3.63) is 79.6 Å². The van der Waals surface area contributed by atoms with E-state index in [9.17, 15) is 0 Å². The normalized spacial score (nSPS) is 11.5. The third-order valence-electron chi connectivity index (χ3n) is 3.22. The fourth-order valence-corrected chi connectivity index (χ4v) is 2.09. The summed E-state index contributed by atoms with van der Waals surface area (Å²) >= 11 is 0. The van der Waals surface area contributed by atoms with Gasteiger partial charge in [0.05, 0.1) is 0 Å². The Hall–Kier alpha value is -3.21. The minimum atomic E-state index is 0.575. The predicted octanol–water partition coefficient (Wildman–Crippen LogP) is 4.01. The summed E-state index contributed by atoms with van der Waals surface area (Å²) in [5.74, 6) is 1.30. The van der Waals surface area contributed by atoms with Gasteiger partial charge in [-0.15, -0.1) is 5.10 Å². The van der Waals surface area contributed by atoms with E-state index in [1.165, 1.54) is 0 Å². The van der Waals surface area contributed by atoms with E-state index in [1.54, 1.807) is 16.9 Å². The Bertz CT molecular complexity index is 875. The van der Waals surface area contributed by atoms with E-state index in [-0.39, 0.29) is 0 Å². The number of nitrogens with zero attached hydrogens (tertiary/aromatic N) is 4. The van der Waals surface area contributed by atoms with Crippen LogP contribution in [0.4, 0.5) is 11.5 Å². The highest BCUT2D eigenvalue weighted by Gasteiger charge is 2.09. The number of allylic oxidation sites excluding steroid dienone is 5. The van der Waals surface area contributed by atoms with E-state index in [0.717, 1.165) is 22.6 Å². The van der Waals surface area contributed by atoms with Gasteiger partial charge in [0.25, 0.3) is 0 Å². The zero-order chi connectivity index (χ0) is 16.1. The molecule has 3 heterocycles. The highest BCUT2D eigenvalue weighted by molar-refractivity contribution is 5.76. The SMILES string of the molecule is C=C(/C=C\C=C/C)c1nc(Nc2ccncc2)c2cccn2n1. The molecule has 114 valence electrons. The molecule has 0 atom stereocenters. The van der Waals surface area contributed by atoms with Crippen molar-refractivity contribution in [2.75, 3.05) is 5.32 Å². The number of aromatic nitrogens is 4. The van der Waals surface area contributed by atoms with E-state index in [1.807, 2.05) is 61.7 Å². The lowest BCUT2D eigenvalue weighted by Crippen LogP contribution is -2.04. The number of hydrogen-bond acceptors (Lipinski definition) is 4. The summed E-state index contributed by atoms with van der Waals surface area (Å²) in [4.78, 5) is 8.63. The van der Waals surface area contributed by atoms with E-state index < -0.39 is 0 Å². The second-order valence-corrected chi connectivity index (χ2v) is 4.89. The van der Waals surface area contributed by atoms with Crippen LogP contribution in [-0.2, 0) is 0 Å². The van der Waals surface area contributed by atoms with Gasteiger partial charge in [-0.1, -0.05) is 30.9 Å². The van der Waals surface area contributed by atoms with Crippen molar-refractivity contribution >= 4 is 22.6 Å². The van der Waals surface area contributed by atoms with Crippen LogP contribution in [0.3, 0.4) is 0 Å². The average molecular weight is 303 g/mol. The van der Waals surface area contributed by atoms with Crippen molar-refractivity contribution in [3.8, 4) is 0 Å². The molecule has 0 amide bonds. The molecule has 0 saturated heterocycles. The van der Waals surface area contributed by atoms with Crippen molar-refractivity contribution in [2.45, 2.75) is 6.92 Å². The molecule has 0 aliphatic carbocycles. The molecule has 3 aromatic heterocycles. The zero-order valence-electron chi connectivity index (χ0n) is 12.8. The van der Waals surface area contributed by atoms with Gasteiger partial charge in [0, 0.05) is 29.9 Å². The van der Waals surface area contributed by atoms with Crippen LogP contribution in [0.15, 0.2) is 73.7 Å². The van der Waals surface area contributed by atoms with Gasteiger partial charge in [-0.05, 0) is 31.2 Å².